The van der Waals surface area contributed by atoms with Crippen LogP contribution < -0.4 is 15.0 Å². The molecule has 2 aromatic heterocycles. The van der Waals surface area contributed by atoms with Gasteiger partial charge in [0.1, 0.15) is 23.3 Å². The number of aryl methyl sites for hydroxylation is 1. The summed E-state index contributed by atoms with van der Waals surface area (Å²) >= 11 is 5.78. The van der Waals surface area contributed by atoms with Crippen LogP contribution in [0.1, 0.15) is 36.0 Å². The van der Waals surface area contributed by atoms with Crippen LogP contribution in [0.2, 0.25) is 0 Å². The molecule has 0 aliphatic carbocycles. The Morgan fingerprint density at radius 2 is 1.79 bits per heavy atom. The van der Waals surface area contributed by atoms with Crippen molar-refractivity contribution in [3.63, 3.8) is 0 Å². The van der Waals surface area contributed by atoms with E-state index < -0.39 is 0 Å². The number of benzene rings is 2. The van der Waals surface area contributed by atoms with E-state index in [0.29, 0.717) is 11.7 Å². The molecule has 2 aromatic carbocycles. The van der Waals surface area contributed by atoms with Crippen LogP contribution in [0.4, 0.5) is 5.69 Å². The molecule has 3 heterocycles. The molecule has 6 heteroatoms. The van der Waals surface area contributed by atoms with Gasteiger partial charge in [0.15, 0.2) is 5.11 Å². The first-order valence-corrected chi connectivity index (χ1v) is 11.4. The number of hydrogen-bond donors (Lipinski definition) is 1. The number of ether oxygens (including phenoxy) is 1. The molecule has 5 rings (SSSR count). The average molecular weight is 456 g/mol. The molecule has 2 atom stereocenters. The Hall–Kier alpha value is -3.64. The van der Waals surface area contributed by atoms with Crippen LogP contribution in [-0.2, 0) is 0 Å². The number of nitrogens with zero attached hydrogens (tertiary/aromatic N) is 2. The zero-order chi connectivity index (χ0) is 22.8. The Morgan fingerprint density at radius 3 is 2.48 bits per heavy atom. The highest BCUT2D eigenvalue weighted by Gasteiger charge is 2.42. The summed E-state index contributed by atoms with van der Waals surface area (Å²) < 4.78 is 12.0. The minimum atomic E-state index is -0.174. The largest absolute Gasteiger partial charge is 0.494 e. The van der Waals surface area contributed by atoms with Gasteiger partial charge in [-0.15, -0.1) is 0 Å². The first-order valence-electron chi connectivity index (χ1n) is 11.0. The van der Waals surface area contributed by atoms with Crippen LogP contribution in [-0.4, -0.2) is 16.7 Å². The van der Waals surface area contributed by atoms with Gasteiger partial charge in [-0.05, 0) is 86.7 Å². The summed E-state index contributed by atoms with van der Waals surface area (Å²) in [6.45, 7) is 4.70. The number of thiocarbonyl (C=S) groups is 1. The number of nitrogens with one attached hydrogen (secondary N) is 1. The van der Waals surface area contributed by atoms with E-state index in [9.17, 15) is 0 Å². The Kier molecular flexibility index (Phi) is 5.84. The van der Waals surface area contributed by atoms with Gasteiger partial charge in [-0.2, -0.15) is 0 Å². The van der Waals surface area contributed by atoms with Crippen LogP contribution in [0.3, 0.4) is 0 Å². The van der Waals surface area contributed by atoms with Crippen molar-refractivity contribution in [2.24, 2.45) is 0 Å². The number of hydrogen-bond acceptors (Lipinski definition) is 4. The molecule has 1 saturated heterocycles. The summed E-state index contributed by atoms with van der Waals surface area (Å²) in [4.78, 5) is 6.72. The number of rotatable bonds is 6. The van der Waals surface area contributed by atoms with E-state index in [2.05, 4.69) is 46.4 Å². The molecule has 166 valence electrons. The van der Waals surface area contributed by atoms with Crippen molar-refractivity contribution < 1.29 is 9.15 Å². The van der Waals surface area contributed by atoms with Gasteiger partial charge in [0.25, 0.3) is 0 Å². The Balaban J connectivity index is 1.54. The second-order valence-corrected chi connectivity index (χ2v) is 8.38. The predicted molar refractivity (Wildman–Crippen MR) is 134 cm³/mol. The molecule has 1 aliphatic heterocycles. The molecular weight excluding hydrogens is 430 g/mol. The van der Waals surface area contributed by atoms with Crippen molar-refractivity contribution in [2.45, 2.75) is 25.9 Å². The molecule has 0 radical (unpaired) electrons. The highest BCUT2D eigenvalue weighted by atomic mass is 32.1. The predicted octanol–water partition coefficient (Wildman–Crippen LogP) is 6.23. The highest BCUT2D eigenvalue weighted by Crippen LogP contribution is 2.43. The topological polar surface area (TPSA) is 50.5 Å². The Morgan fingerprint density at radius 1 is 1.00 bits per heavy atom. The maximum absolute atomic E-state index is 6.42. The molecule has 1 aliphatic rings. The average Bonchev–Trinajstić information content (AvgIpc) is 3.46. The quantitative estimate of drug-likeness (QED) is 0.348. The minimum Gasteiger partial charge on any atom is -0.494 e. The maximum atomic E-state index is 6.42. The fourth-order valence-corrected chi connectivity index (χ4v) is 4.52. The van der Waals surface area contributed by atoms with E-state index in [-0.39, 0.29) is 12.1 Å². The van der Waals surface area contributed by atoms with E-state index in [1.807, 2.05) is 61.5 Å². The SMILES string of the molecule is CCOc1ccc(-c2ccc([C@@H]3[C@@H](c4ccccn4)NC(=S)N3c3ccc(C)cc3)o2)cc1. The van der Waals surface area contributed by atoms with E-state index in [0.717, 1.165) is 34.2 Å². The van der Waals surface area contributed by atoms with Crippen molar-refractivity contribution in [1.29, 1.82) is 0 Å². The summed E-state index contributed by atoms with van der Waals surface area (Å²) in [6, 6.07) is 26.0. The van der Waals surface area contributed by atoms with Crippen LogP contribution in [0.15, 0.2) is 89.5 Å². The van der Waals surface area contributed by atoms with Crippen LogP contribution in [0, 0.1) is 6.92 Å². The lowest BCUT2D eigenvalue weighted by atomic mass is 10.0. The standard InChI is InChI=1S/C27H25N3O2S/c1-3-31-21-13-9-19(10-14-21)23-15-16-24(32-23)26-25(22-6-4-5-17-28-22)29-27(33)30(26)20-11-7-18(2)8-12-20/h4-17,25-26H,3H2,1-2H3,(H,29,33)/t25-,26-/m1/s1. The molecule has 0 unspecified atom stereocenters. The van der Waals surface area contributed by atoms with Gasteiger partial charge in [0, 0.05) is 17.4 Å². The highest BCUT2D eigenvalue weighted by molar-refractivity contribution is 7.80. The maximum Gasteiger partial charge on any atom is 0.174 e. The van der Waals surface area contributed by atoms with Gasteiger partial charge >= 0.3 is 0 Å². The smallest absolute Gasteiger partial charge is 0.174 e. The van der Waals surface area contributed by atoms with E-state index in [1.165, 1.54) is 5.56 Å². The van der Waals surface area contributed by atoms with Gasteiger partial charge in [-0.1, -0.05) is 23.8 Å². The fourth-order valence-electron chi connectivity index (χ4n) is 4.18. The molecule has 0 amide bonds. The fraction of sp³-hybridized carbons (Fsp3) is 0.185. The zero-order valence-corrected chi connectivity index (χ0v) is 19.4. The number of pyridine rings is 1. The molecule has 33 heavy (non-hydrogen) atoms. The van der Waals surface area contributed by atoms with Gasteiger partial charge in [-0.3, -0.25) is 4.98 Å². The molecule has 0 saturated carbocycles. The van der Waals surface area contributed by atoms with Crippen molar-refractivity contribution >= 4 is 23.0 Å². The van der Waals surface area contributed by atoms with Crippen molar-refractivity contribution in [1.82, 2.24) is 10.3 Å². The summed E-state index contributed by atoms with van der Waals surface area (Å²) in [5, 5.41) is 4.12. The van der Waals surface area contributed by atoms with Gasteiger partial charge < -0.3 is 19.4 Å². The molecular formula is C27H25N3O2S. The van der Waals surface area contributed by atoms with Crippen LogP contribution in [0.5, 0.6) is 5.75 Å². The molecule has 1 fully saturated rings. The number of anilines is 1. The Bertz CT molecular complexity index is 1240. The van der Waals surface area contributed by atoms with E-state index in [4.69, 9.17) is 21.4 Å². The lowest BCUT2D eigenvalue weighted by Crippen LogP contribution is -2.29. The van der Waals surface area contributed by atoms with Crippen molar-refractivity contribution in [3.05, 3.63) is 102 Å². The third-order valence-corrected chi connectivity index (χ3v) is 6.09. The monoisotopic (exact) mass is 455 g/mol. The first kappa shape index (κ1) is 21.2. The summed E-state index contributed by atoms with van der Waals surface area (Å²) in [5.74, 6) is 2.47. The normalized spacial score (nSPS) is 17.8. The minimum absolute atomic E-state index is 0.140. The Labute approximate surface area is 199 Å². The number of aromatic nitrogens is 1. The van der Waals surface area contributed by atoms with E-state index >= 15 is 0 Å². The van der Waals surface area contributed by atoms with Gasteiger partial charge in [-0.25, -0.2) is 0 Å². The van der Waals surface area contributed by atoms with Crippen molar-refractivity contribution in [3.8, 4) is 17.1 Å². The lowest BCUT2D eigenvalue weighted by molar-refractivity contribution is 0.340. The van der Waals surface area contributed by atoms with Gasteiger partial charge in [0.05, 0.1) is 18.3 Å². The number of furan rings is 1. The summed E-state index contributed by atoms with van der Waals surface area (Å²) in [6.07, 6.45) is 1.80. The molecule has 0 spiro atoms. The van der Waals surface area contributed by atoms with Crippen LogP contribution >= 0.6 is 12.2 Å². The second-order valence-electron chi connectivity index (χ2n) is 7.99. The first-order chi connectivity index (χ1) is 16.1. The van der Waals surface area contributed by atoms with Crippen LogP contribution in [0.25, 0.3) is 11.3 Å². The molecule has 4 aromatic rings. The summed E-state index contributed by atoms with van der Waals surface area (Å²) in [5.41, 5.74) is 4.12. The van der Waals surface area contributed by atoms with Crippen molar-refractivity contribution in [2.75, 3.05) is 11.5 Å². The molecule has 0 bridgehead atoms. The third-order valence-electron chi connectivity index (χ3n) is 5.78. The lowest BCUT2D eigenvalue weighted by Gasteiger charge is -2.26. The molecule has 5 nitrogen and oxygen atoms in total. The zero-order valence-electron chi connectivity index (χ0n) is 18.6. The third kappa shape index (κ3) is 4.22. The molecule has 1 N–H and O–H groups in total. The summed E-state index contributed by atoms with van der Waals surface area (Å²) in [7, 11) is 0. The van der Waals surface area contributed by atoms with E-state index in [1.54, 1.807) is 6.20 Å². The second kappa shape index (κ2) is 9.08. The van der Waals surface area contributed by atoms with Gasteiger partial charge in [0.2, 0.25) is 0 Å².